The lowest BCUT2D eigenvalue weighted by molar-refractivity contribution is 0.103. The smallest absolute Gasteiger partial charge is 0.213 e. The fourth-order valence-corrected chi connectivity index (χ4v) is 2.93. The zero-order valence-corrected chi connectivity index (χ0v) is 16.3. The number of pyridine rings is 1. The maximum atomic E-state index is 12.8. The highest BCUT2D eigenvalue weighted by atomic mass is 16.5. The number of nitrogens with one attached hydrogen (secondary N) is 1. The van der Waals surface area contributed by atoms with E-state index in [2.05, 4.69) is 9.97 Å². The molecular weight excluding hydrogens is 362 g/mol. The summed E-state index contributed by atoms with van der Waals surface area (Å²) in [5.74, 6) is 0.438. The molecule has 0 fully saturated rings. The van der Waals surface area contributed by atoms with Crippen molar-refractivity contribution in [1.82, 2.24) is 9.97 Å². The number of benzene rings is 2. The Bertz CT molecular complexity index is 1160. The van der Waals surface area contributed by atoms with Gasteiger partial charge in [-0.15, -0.1) is 0 Å². The third-order valence-corrected chi connectivity index (χ3v) is 4.26. The van der Waals surface area contributed by atoms with Gasteiger partial charge in [-0.25, -0.2) is 4.98 Å². The Labute approximate surface area is 169 Å². The van der Waals surface area contributed by atoms with Crippen LogP contribution < -0.4 is 4.74 Å². The van der Waals surface area contributed by atoms with Crippen LogP contribution in [0.4, 0.5) is 0 Å². The van der Waals surface area contributed by atoms with E-state index in [1.54, 1.807) is 24.4 Å². The Morgan fingerprint density at radius 1 is 1.03 bits per heavy atom. The number of ether oxygens (including phenoxy) is 1. The van der Waals surface area contributed by atoms with Crippen LogP contribution in [0.2, 0.25) is 0 Å². The number of hydrogen-bond donors (Lipinski definition) is 1. The van der Waals surface area contributed by atoms with Crippen LogP contribution >= 0.6 is 0 Å². The number of fused-ring (bicyclic) bond motifs is 1. The third kappa shape index (κ3) is 4.33. The summed E-state index contributed by atoms with van der Waals surface area (Å²) in [6.45, 7) is 4.44. The topological polar surface area (TPSA) is 78.8 Å². The molecule has 0 aliphatic carbocycles. The number of rotatable bonds is 5. The molecule has 0 unspecified atom stereocenters. The normalized spacial score (nSPS) is 9.97. The molecule has 0 saturated carbocycles. The molecule has 0 saturated heterocycles. The molecule has 5 nitrogen and oxygen atoms in total. The summed E-state index contributed by atoms with van der Waals surface area (Å²) >= 11 is 0. The predicted octanol–water partition coefficient (Wildman–Crippen LogP) is 5.27. The number of H-pyrrole nitrogens is 1. The van der Waals surface area contributed by atoms with Gasteiger partial charge in [0, 0.05) is 17.1 Å². The van der Waals surface area contributed by atoms with Gasteiger partial charge in [-0.2, -0.15) is 5.26 Å². The maximum Gasteiger partial charge on any atom is 0.213 e. The molecule has 2 aromatic heterocycles. The van der Waals surface area contributed by atoms with E-state index in [-0.39, 0.29) is 17.2 Å². The second-order valence-electron chi connectivity index (χ2n) is 6.00. The van der Waals surface area contributed by atoms with Gasteiger partial charge in [-0.3, -0.25) is 4.79 Å². The fourth-order valence-electron chi connectivity index (χ4n) is 2.93. The van der Waals surface area contributed by atoms with Crippen LogP contribution in [-0.2, 0) is 6.61 Å². The van der Waals surface area contributed by atoms with E-state index in [1.807, 2.05) is 68.4 Å². The van der Waals surface area contributed by atoms with Crippen LogP contribution in [0, 0.1) is 11.3 Å². The number of carbonyl (C=O) groups excluding carboxylic acids is 1. The zero-order chi connectivity index (χ0) is 20.6. The minimum atomic E-state index is -0.237. The molecule has 4 aromatic rings. The van der Waals surface area contributed by atoms with E-state index in [1.165, 1.54) is 0 Å². The first-order valence-corrected chi connectivity index (χ1v) is 9.45. The van der Waals surface area contributed by atoms with Crippen molar-refractivity contribution in [3.05, 3.63) is 95.4 Å². The first-order valence-electron chi connectivity index (χ1n) is 9.45. The largest absolute Gasteiger partial charge is 0.487 e. The van der Waals surface area contributed by atoms with Crippen LogP contribution in [-0.4, -0.2) is 15.8 Å². The van der Waals surface area contributed by atoms with Crippen molar-refractivity contribution < 1.29 is 9.53 Å². The molecule has 0 bridgehead atoms. The standard InChI is InChI=1S/C22H15N3O2.C2H6/c23-12-16-8-4-10-19(25-16)22(26)18-13-24-21-17(18)9-5-11-20(21)27-14-15-6-2-1-3-7-15;1-2/h1-11,13,24H,14H2;1-2H3. The predicted molar refractivity (Wildman–Crippen MR) is 113 cm³/mol. The summed E-state index contributed by atoms with van der Waals surface area (Å²) in [6.07, 6.45) is 1.66. The Morgan fingerprint density at radius 2 is 1.79 bits per heavy atom. The van der Waals surface area contributed by atoms with Gasteiger partial charge in [0.2, 0.25) is 5.78 Å². The van der Waals surface area contributed by atoms with Crippen molar-refractivity contribution in [1.29, 1.82) is 5.26 Å². The summed E-state index contributed by atoms with van der Waals surface area (Å²) in [6, 6.07) is 22.3. The summed E-state index contributed by atoms with van der Waals surface area (Å²) in [5, 5.41) is 9.75. The Hall–Kier alpha value is -3.91. The molecule has 2 aromatic carbocycles. The van der Waals surface area contributed by atoms with Crippen molar-refractivity contribution in [3.63, 3.8) is 0 Å². The van der Waals surface area contributed by atoms with Gasteiger partial charge in [0.15, 0.2) is 0 Å². The zero-order valence-electron chi connectivity index (χ0n) is 16.3. The first-order chi connectivity index (χ1) is 14.3. The van der Waals surface area contributed by atoms with Crippen molar-refractivity contribution in [3.8, 4) is 11.8 Å². The minimum absolute atomic E-state index is 0.215. The number of nitriles is 1. The monoisotopic (exact) mass is 383 g/mol. The summed E-state index contributed by atoms with van der Waals surface area (Å²) < 4.78 is 5.94. The molecule has 2 heterocycles. The second kappa shape index (κ2) is 9.34. The average Bonchev–Trinajstić information content (AvgIpc) is 3.24. The number of para-hydroxylation sites is 1. The molecule has 5 heteroatoms. The van der Waals surface area contributed by atoms with Crippen molar-refractivity contribution in [2.45, 2.75) is 20.5 Å². The molecule has 144 valence electrons. The molecule has 0 radical (unpaired) electrons. The lowest BCUT2D eigenvalue weighted by atomic mass is 10.1. The first kappa shape index (κ1) is 19.8. The van der Waals surface area contributed by atoms with Crippen LogP contribution in [0.5, 0.6) is 5.75 Å². The quantitative estimate of drug-likeness (QED) is 0.476. The highest BCUT2D eigenvalue weighted by molar-refractivity contribution is 6.16. The highest BCUT2D eigenvalue weighted by Gasteiger charge is 2.17. The SMILES string of the molecule is CC.N#Cc1cccc(C(=O)c2c[nH]c3c(OCc4ccccc4)cccc23)n1. The van der Waals surface area contributed by atoms with Crippen molar-refractivity contribution >= 4 is 16.7 Å². The van der Waals surface area contributed by atoms with E-state index in [4.69, 9.17) is 10.00 Å². The molecular formula is C24H21N3O2. The lowest BCUT2D eigenvalue weighted by Crippen LogP contribution is -2.04. The fraction of sp³-hybridized carbons (Fsp3) is 0.125. The Balaban J connectivity index is 0.00000117. The minimum Gasteiger partial charge on any atom is -0.487 e. The molecule has 0 atom stereocenters. The number of aromatic nitrogens is 2. The van der Waals surface area contributed by atoms with Gasteiger partial charge < -0.3 is 9.72 Å². The van der Waals surface area contributed by atoms with Crippen LogP contribution in [0.1, 0.15) is 41.2 Å². The molecule has 1 N–H and O–H groups in total. The number of aromatic amines is 1. The van der Waals surface area contributed by atoms with Gasteiger partial charge >= 0.3 is 0 Å². The number of carbonyl (C=O) groups is 1. The maximum absolute atomic E-state index is 12.8. The molecule has 0 amide bonds. The highest BCUT2D eigenvalue weighted by Crippen LogP contribution is 2.29. The average molecular weight is 383 g/mol. The summed E-state index contributed by atoms with van der Waals surface area (Å²) in [4.78, 5) is 20.1. The van der Waals surface area contributed by atoms with E-state index >= 15 is 0 Å². The van der Waals surface area contributed by atoms with Gasteiger partial charge in [0.05, 0.1) is 5.52 Å². The molecule has 0 aliphatic rings. The summed E-state index contributed by atoms with van der Waals surface area (Å²) in [5.41, 5.74) is 2.78. The van der Waals surface area contributed by atoms with E-state index in [0.29, 0.717) is 17.9 Å². The summed E-state index contributed by atoms with van der Waals surface area (Å²) in [7, 11) is 0. The van der Waals surface area contributed by atoms with E-state index in [9.17, 15) is 4.79 Å². The van der Waals surface area contributed by atoms with Gasteiger partial charge in [0.25, 0.3) is 0 Å². The van der Waals surface area contributed by atoms with Gasteiger partial charge in [-0.1, -0.05) is 62.4 Å². The van der Waals surface area contributed by atoms with E-state index < -0.39 is 0 Å². The lowest BCUT2D eigenvalue weighted by Gasteiger charge is -2.07. The van der Waals surface area contributed by atoms with Gasteiger partial charge in [0.1, 0.15) is 29.8 Å². The van der Waals surface area contributed by atoms with Crippen molar-refractivity contribution in [2.75, 3.05) is 0 Å². The Morgan fingerprint density at radius 3 is 2.55 bits per heavy atom. The molecule has 29 heavy (non-hydrogen) atoms. The second-order valence-corrected chi connectivity index (χ2v) is 6.00. The number of ketones is 1. The van der Waals surface area contributed by atoms with Crippen LogP contribution in [0.15, 0.2) is 72.9 Å². The van der Waals surface area contributed by atoms with Crippen LogP contribution in [0.3, 0.4) is 0 Å². The molecule has 0 aliphatic heterocycles. The van der Waals surface area contributed by atoms with Crippen molar-refractivity contribution in [2.24, 2.45) is 0 Å². The van der Waals surface area contributed by atoms with E-state index in [0.717, 1.165) is 16.5 Å². The number of nitrogens with zero attached hydrogens (tertiary/aromatic N) is 2. The Kier molecular flexibility index (Phi) is 6.39. The molecule has 0 spiro atoms. The van der Waals surface area contributed by atoms with Crippen LogP contribution in [0.25, 0.3) is 10.9 Å². The number of hydrogen-bond acceptors (Lipinski definition) is 4. The van der Waals surface area contributed by atoms with Gasteiger partial charge in [-0.05, 0) is 23.8 Å². The molecule has 4 rings (SSSR count). The third-order valence-electron chi connectivity index (χ3n) is 4.26.